The van der Waals surface area contributed by atoms with Gasteiger partial charge < -0.3 is 10.1 Å². The summed E-state index contributed by atoms with van der Waals surface area (Å²) in [5, 5.41) is 11.2. The summed E-state index contributed by atoms with van der Waals surface area (Å²) >= 11 is 0. The van der Waals surface area contributed by atoms with E-state index in [0.717, 1.165) is 24.8 Å². The van der Waals surface area contributed by atoms with Crippen LogP contribution in [0.4, 0.5) is 4.79 Å². The van der Waals surface area contributed by atoms with E-state index in [1.54, 1.807) is 0 Å². The molecule has 0 aromatic heterocycles. The Balaban J connectivity index is 0.000000177. The molecular formula is C23H38N2O2. The Morgan fingerprint density at radius 3 is 1.89 bits per heavy atom. The number of nitrogens with one attached hydrogen (secondary N) is 1. The number of hydrogen-bond acceptors (Lipinski definition) is 3. The zero-order chi connectivity index (χ0) is 20.0. The van der Waals surface area contributed by atoms with Crippen molar-refractivity contribution in [2.45, 2.75) is 104 Å². The molecule has 1 N–H and O–H groups in total. The molecule has 0 aromatic carbocycles. The molecule has 6 fully saturated rings. The van der Waals surface area contributed by atoms with Crippen molar-refractivity contribution in [3.05, 3.63) is 0 Å². The van der Waals surface area contributed by atoms with Gasteiger partial charge in [0.25, 0.3) is 0 Å². The normalized spacial score (nSPS) is 39.9. The van der Waals surface area contributed by atoms with Crippen molar-refractivity contribution in [3.63, 3.8) is 0 Å². The summed E-state index contributed by atoms with van der Waals surface area (Å²) in [7, 11) is 0. The van der Waals surface area contributed by atoms with Gasteiger partial charge in [0, 0.05) is 13.0 Å². The number of nitriles is 1. The number of carbonyl (C=O) groups is 1. The van der Waals surface area contributed by atoms with Crippen LogP contribution in [0.2, 0.25) is 0 Å². The highest BCUT2D eigenvalue weighted by atomic mass is 16.6. The van der Waals surface area contributed by atoms with Gasteiger partial charge in [-0.05, 0) is 100 Å². The molecule has 0 spiro atoms. The maximum absolute atomic E-state index is 11.4. The van der Waals surface area contributed by atoms with E-state index in [2.05, 4.69) is 25.2 Å². The average molecular weight is 375 g/mol. The van der Waals surface area contributed by atoms with Crippen molar-refractivity contribution in [3.8, 4) is 6.07 Å². The van der Waals surface area contributed by atoms with Crippen LogP contribution in [-0.2, 0) is 4.74 Å². The van der Waals surface area contributed by atoms with Crippen molar-refractivity contribution in [1.29, 1.82) is 5.26 Å². The molecule has 0 aliphatic heterocycles. The first-order valence-electron chi connectivity index (χ1n) is 10.7. The Bertz CT molecular complexity index is 586. The summed E-state index contributed by atoms with van der Waals surface area (Å²) in [6, 6.07) is 2.23. The minimum atomic E-state index is -0.396. The van der Waals surface area contributed by atoms with Crippen LogP contribution < -0.4 is 5.32 Å². The third-order valence-electron chi connectivity index (χ3n) is 7.13. The van der Waals surface area contributed by atoms with Gasteiger partial charge in [-0.1, -0.05) is 13.8 Å². The predicted octanol–water partition coefficient (Wildman–Crippen LogP) is 5.96. The summed E-state index contributed by atoms with van der Waals surface area (Å²) in [6.07, 6.45) is 12.4. The quantitative estimate of drug-likeness (QED) is 0.583. The highest BCUT2D eigenvalue weighted by molar-refractivity contribution is 5.67. The van der Waals surface area contributed by atoms with E-state index < -0.39 is 5.60 Å². The predicted molar refractivity (Wildman–Crippen MR) is 107 cm³/mol. The number of nitrogens with zero attached hydrogens (tertiary/aromatic N) is 1. The van der Waals surface area contributed by atoms with Crippen LogP contribution in [0.15, 0.2) is 0 Å². The van der Waals surface area contributed by atoms with Crippen LogP contribution in [-0.4, -0.2) is 18.2 Å². The van der Waals surface area contributed by atoms with E-state index in [-0.39, 0.29) is 6.09 Å². The third-order valence-corrected chi connectivity index (χ3v) is 7.13. The van der Waals surface area contributed by atoms with Crippen molar-refractivity contribution in [2.24, 2.45) is 21.7 Å². The maximum atomic E-state index is 11.4. The van der Waals surface area contributed by atoms with E-state index >= 15 is 0 Å². The Morgan fingerprint density at radius 2 is 1.48 bits per heavy atom. The van der Waals surface area contributed by atoms with Crippen LogP contribution in [0.3, 0.4) is 0 Å². The molecule has 27 heavy (non-hydrogen) atoms. The van der Waals surface area contributed by atoms with Crippen molar-refractivity contribution < 1.29 is 9.53 Å². The smallest absolute Gasteiger partial charge is 0.407 e. The first-order chi connectivity index (χ1) is 12.4. The van der Waals surface area contributed by atoms with Gasteiger partial charge in [-0.2, -0.15) is 5.26 Å². The molecule has 0 atom stereocenters. The Hall–Kier alpha value is -1.24. The number of rotatable bonds is 6. The second-order valence-corrected chi connectivity index (χ2v) is 11.9. The zero-order valence-corrected chi connectivity index (χ0v) is 18.0. The maximum Gasteiger partial charge on any atom is 0.407 e. The van der Waals surface area contributed by atoms with Crippen LogP contribution in [0.1, 0.15) is 98.8 Å². The van der Waals surface area contributed by atoms with Gasteiger partial charge in [0.05, 0.1) is 6.07 Å². The molecule has 4 heteroatoms. The van der Waals surface area contributed by atoms with Crippen molar-refractivity contribution >= 4 is 6.09 Å². The fourth-order valence-electron chi connectivity index (χ4n) is 6.94. The highest BCUT2D eigenvalue weighted by Gasteiger charge is 2.64. The minimum Gasteiger partial charge on any atom is -0.444 e. The lowest BCUT2D eigenvalue weighted by Crippen LogP contribution is -2.59. The van der Waals surface area contributed by atoms with Gasteiger partial charge in [-0.3, -0.25) is 0 Å². The number of ether oxygens (including phenoxy) is 1. The van der Waals surface area contributed by atoms with Gasteiger partial charge in [0.15, 0.2) is 0 Å². The van der Waals surface area contributed by atoms with Gasteiger partial charge in [0.2, 0.25) is 0 Å². The monoisotopic (exact) mass is 374 g/mol. The Kier molecular flexibility index (Phi) is 5.07. The molecule has 0 heterocycles. The van der Waals surface area contributed by atoms with Crippen molar-refractivity contribution in [2.75, 3.05) is 6.54 Å². The molecular weight excluding hydrogens is 336 g/mol. The highest BCUT2D eigenvalue weighted by Crippen LogP contribution is 2.75. The van der Waals surface area contributed by atoms with E-state index in [4.69, 9.17) is 10.00 Å². The number of amides is 1. The van der Waals surface area contributed by atoms with Gasteiger partial charge in [-0.25, -0.2) is 4.79 Å². The SMILES string of the molecule is CC12CC(CCC#N)(C1)C2.CC12CC(CCCNC(=O)OC(C)(C)C)(C1)C2. The van der Waals surface area contributed by atoms with Gasteiger partial charge in [0.1, 0.15) is 5.60 Å². The van der Waals surface area contributed by atoms with Crippen LogP contribution in [0.25, 0.3) is 0 Å². The molecule has 4 bridgehead atoms. The first-order valence-corrected chi connectivity index (χ1v) is 10.7. The molecule has 6 aliphatic rings. The van der Waals surface area contributed by atoms with E-state index in [9.17, 15) is 4.79 Å². The van der Waals surface area contributed by atoms with Crippen LogP contribution in [0, 0.1) is 33.0 Å². The largest absolute Gasteiger partial charge is 0.444 e. The van der Waals surface area contributed by atoms with Gasteiger partial charge in [-0.15, -0.1) is 0 Å². The number of hydrogen-bond donors (Lipinski definition) is 1. The average Bonchev–Trinajstić information content (AvgIpc) is 2.41. The fraction of sp³-hybridized carbons (Fsp3) is 0.913. The molecule has 152 valence electrons. The van der Waals surface area contributed by atoms with Crippen LogP contribution in [0.5, 0.6) is 0 Å². The van der Waals surface area contributed by atoms with E-state index in [0.29, 0.717) is 16.2 Å². The molecule has 6 rings (SSSR count). The van der Waals surface area contributed by atoms with E-state index in [1.807, 2.05) is 20.8 Å². The van der Waals surface area contributed by atoms with Crippen molar-refractivity contribution in [1.82, 2.24) is 5.32 Å². The molecule has 1 amide bonds. The summed E-state index contributed by atoms with van der Waals surface area (Å²) in [5.41, 5.74) is 2.33. The minimum absolute atomic E-state index is 0.290. The lowest BCUT2D eigenvalue weighted by molar-refractivity contribution is -0.195. The number of alkyl carbamates (subject to hydrolysis) is 1. The number of carbonyl (C=O) groups excluding carboxylic acids is 1. The van der Waals surface area contributed by atoms with Gasteiger partial charge >= 0.3 is 6.09 Å². The fourth-order valence-corrected chi connectivity index (χ4v) is 6.94. The second-order valence-electron chi connectivity index (χ2n) is 11.9. The molecule has 6 aliphatic carbocycles. The van der Waals surface area contributed by atoms with E-state index in [1.165, 1.54) is 51.4 Å². The molecule has 0 unspecified atom stereocenters. The molecule has 6 saturated carbocycles. The second kappa shape index (κ2) is 6.68. The zero-order valence-electron chi connectivity index (χ0n) is 18.0. The Morgan fingerprint density at radius 1 is 1.00 bits per heavy atom. The first kappa shape index (κ1) is 20.5. The molecule has 0 radical (unpaired) electrons. The standard InChI is InChI=1S/C14H25NO2.C9H13N/c1-12(2,3)17-11(16)15-7-5-6-14-8-13(4,9-14)10-14;1-8-5-9(6-8,7-8)3-2-4-10/h5-10H2,1-4H3,(H,15,16);2-3,5-7H2,1H3. The lowest BCUT2D eigenvalue weighted by Gasteiger charge is -2.70. The topological polar surface area (TPSA) is 62.1 Å². The van der Waals surface area contributed by atoms with Crippen LogP contribution >= 0.6 is 0 Å². The summed E-state index contributed by atoms with van der Waals surface area (Å²) < 4.78 is 5.19. The summed E-state index contributed by atoms with van der Waals surface area (Å²) in [5.74, 6) is 0. The lowest BCUT2D eigenvalue weighted by atomic mass is 9.35. The third kappa shape index (κ3) is 4.61. The Labute approximate surface area is 165 Å². The molecule has 0 aromatic rings. The molecule has 4 nitrogen and oxygen atoms in total. The summed E-state index contributed by atoms with van der Waals surface area (Å²) in [6.45, 7) is 11.1. The summed E-state index contributed by atoms with van der Waals surface area (Å²) in [4.78, 5) is 11.4. The molecule has 0 saturated heterocycles.